The first-order valence-electron chi connectivity index (χ1n) is 6.53. The minimum atomic E-state index is 0.299. The van der Waals surface area contributed by atoms with E-state index in [2.05, 4.69) is 40.3 Å². The number of nitrogens with one attached hydrogen (secondary N) is 1. The lowest BCUT2D eigenvalue weighted by molar-refractivity contribution is 0.573. The van der Waals surface area contributed by atoms with Gasteiger partial charge >= 0.3 is 0 Å². The van der Waals surface area contributed by atoms with Crippen LogP contribution in [0.25, 0.3) is 0 Å². The second-order valence-electron chi connectivity index (χ2n) is 4.85. The number of allylic oxidation sites excluding steroid dienone is 1. The van der Waals surface area contributed by atoms with Crippen molar-refractivity contribution >= 4 is 27.5 Å². The van der Waals surface area contributed by atoms with Crippen molar-refractivity contribution in [2.24, 2.45) is 0 Å². The Labute approximate surface area is 123 Å². The van der Waals surface area contributed by atoms with Crippen molar-refractivity contribution in [2.75, 3.05) is 6.54 Å². The van der Waals surface area contributed by atoms with E-state index >= 15 is 0 Å². The predicted octanol–water partition coefficient (Wildman–Crippen LogP) is 5.25. The van der Waals surface area contributed by atoms with Crippen LogP contribution in [-0.2, 0) is 0 Å². The summed E-state index contributed by atoms with van der Waals surface area (Å²) in [7, 11) is 0. The zero-order valence-corrected chi connectivity index (χ0v) is 13.0. The van der Waals surface area contributed by atoms with Crippen molar-refractivity contribution in [1.82, 2.24) is 5.32 Å². The van der Waals surface area contributed by atoms with E-state index in [1.807, 2.05) is 12.1 Å². The zero-order valence-electron chi connectivity index (χ0n) is 10.7. The van der Waals surface area contributed by atoms with Gasteiger partial charge in [-0.25, -0.2) is 0 Å². The second kappa shape index (κ2) is 6.74. The Hall–Kier alpha value is -0.310. The Bertz CT molecular complexity index is 442. The molecule has 1 unspecified atom stereocenters. The fraction of sp³-hybridized carbons (Fsp3) is 0.467. The van der Waals surface area contributed by atoms with E-state index in [1.165, 1.54) is 31.2 Å². The first kappa shape index (κ1) is 14.1. The molecule has 0 radical (unpaired) electrons. The largest absolute Gasteiger partial charge is 0.310 e. The highest BCUT2D eigenvalue weighted by atomic mass is 79.9. The minimum absolute atomic E-state index is 0.299. The van der Waals surface area contributed by atoms with Gasteiger partial charge < -0.3 is 5.32 Å². The lowest BCUT2D eigenvalue weighted by atomic mass is 10.1. The Balaban J connectivity index is 1.85. The van der Waals surface area contributed by atoms with Crippen LogP contribution < -0.4 is 5.32 Å². The molecular formula is C15H19BrClN. The van der Waals surface area contributed by atoms with Gasteiger partial charge in [-0.3, -0.25) is 0 Å². The van der Waals surface area contributed by atoms with Crippen LogP contribution in [0, 0.1) is 0 Å². The van der Waals surface area contributed by atoms with Crippen molar-refractivity contribution < 1.29 is 0 Å². The molecule has 0 bridgehead atoms. The molecular weight excluding hydrogens is 310 g/mol. The third kappa shape index (κ3) is 3.84. The molecule has 1 N–H and O–H groups in total. The molecule has 1 atom stereocenters. The predicted molar refractivity (Wildman–Crippen MR) is 82.1 cm³/mol. The summed E-state index contributed by atoms with van der Waals surface area (Å²) >= 11 is 9.68. The molecule has 0 fully saturated rings. The molecule has 0 saturated carbocycles. The van der Waals surface area contributed by atoms with Gasteiger partial charge in [0.05, 0.1) is 0 Å². The molecule has 0 amide bonds. The van der Waals surface area contributed by atoms with E-state index in [9.17, 15) is 0 Å². The van der Waals surface area contributed by atoms with Crippen molar-refractivity contribution in [3.8, 4) is 0 Å². The van der Waals surface area contributed by atoms with Crippen molar-refractivity contribution in [2.45, 2.75) is 38.6 Å². The van der Waals surface area contributed by atoms with Crippen LogP contribution in [0.3, 0.4) is 0 Å². The molecule has 1 aromatic carbocycles. The van der Waals surface area contributed by atoms with E-state index in [-0.39, 0.29) is 0 Å². The van der Waals surface area contributed by atoms with Crippen LogP contribution in [0.2, 0.25) is 5.02 Å². The molecule has 0 aliphatic heterocycles. The normalized spacial score (nSPS) is 16.7. The number of halogens is 2. The third-order valence-corrected chi connectivity index (χ3v) is 4.28. The molecule has 1 aliphatic rings. The SMILES string of the molecule is CC(NCCC1=CCCC1)c1ccc(Br)cc1Cl. The van der Waals surface area contributed by atoms with Gasteiger partial charge in [-0.2, -0.15) is 0 Å². The highest BCUT2D eigenvalue weighted by Crippen LogP contribution is 2.26. The van der Waals surface area contributed by atoms with Gasteiger partial charge in [0, 0.05) is 15.5 Å². The lowest BCUT2D eigenvalue weighted by Crippen LogP contribution is -2.20. The molecule has 1 nitrogen and oxygen atoms in total. The van der Waals surface area contributed by atoms with Crippen LogP contribution in [0.5, 0.6) is 0 Å². The molecule has 98 valence electrons. The first-order chi connectivity index (χ1) is 8.66. The molecule has 3 heteroatoms. The van der Waals surface area contributed by atoms with Gasteiger partial charge in [0.15, 0.2) is 0 Å². The maximum absolute atomic E-state index is 6.25. The van der Waals surface area contributed by atoms with Crippen molar-refractivity contribution in [1.29, 1.82) is 0 Å². The zero-order chi connectivity index (χ0) is 13.0. The van der Waals surface area contributed by atoms with E-state index in [4.69, 9.17) is 11.6 Å². The molecule has 2 rings (SSSR count). The van der Waals surface area contributed by atoms with Crippen molar-refractivity contribution in [3.63, 3.8) is 0 Å². The molecule has 0 aromatic heterocycles. The summed E-state index contributed by atoms with van der Waals surface area (Å²) in [5.74, 6) is 0. The van der Waals surface area contributed by atoms with Gasteiger partial charge in [-0.1, -0.05) is 45.2 Å². The fourth-order valence-corrected chi connectivity index (χ4v) is 3.21. The van der Waals surface area contributed by atoms with Gasteiger partial charge in [0.25, 0.3) is 0 Å². The highest BCUT2D eigenvalue weighted by molar-refractivity contribution is 9.10. The number of hydrogen-bond acceptors (Lipinski definition) is 1. The van der Waals surface area contributed by atoms with Crippen LogP contribution in [0.1, 0.15) is 44.2 Å². The number of hydrogen-bond donors (Lipinski definition) is 1. The van der Waals surface area contributed by atoms with Gasteiger partial charge in [-0.05, 0) is 56.8 Å². The Morgan fingerprint density at radius 1 is 1.44 bits per heavy atom. The summed E-state index contributed by atoms with van der Waals surface area (Å²) in [6, 6.07) is 6.37. The quantitative estimate of drug-likeness (QED) is 0.728. The fourth-order valence-electron chi connectivity index (χ4n) is 2.38. The standard InChI is InChI=1S/C15H19BrClN/c1-11(14-7-6-13(16)10-15(14)17)18-9-8-12-4-2-3-5-12/h4,6-7,10-11,18H,2-3,5,8-9H2,1H3. The molecule has 18 heavy (non-hydrogen) atoms. The van der Waals surface area contributed by atoms with Crippen LogP contribution >= 0.6 is 27.5 Å². The monoisotopic (exact) mass is 327 g/mol. The topological polar surface area (TPSA) is 12.0 Å². The Kier molecular flexibility index (Phi) is 5.28. The molecule has 0 spiro atoms. The molecule has 0 heterocycles. The van der Waals surface area contributed by atoms with Crippen molar-refractivity contribution in [3.05, 3.63) is 44.9 Å². The summed E-state index contributed by atoms with van der Waals surface area (Å²) in [5, 5.41) is 4.37. The van der Waals surface area contributed by atoms with E-state index < -0.39 is 0 Å². The summed E-state index contributed by atoms with van der Waals surface area (Å²) < 4.78 is 1.03. The average molecular weight is 329 g/mol. The summed E-state index contributed by atoms with van der Waals surface area (Å²) in [4.78, 5) is 0. The van der Waals surface area contributed by atoms with Crippen LogP contribution in [0.4, 0.5) is 0 Å². The average Bonchev–Trinajstić information content (AvgIpc) is 2.81. The summed E-state index contributed by atoms with van der Waals surface area (Å²) in [5.41, 5.74) is 2.77. The Morgan fingerprint density at radius 3 is 2.94 bits per heavy atom. The van der Waals surface area contributed by atoms with Gasteiger partial charge in [0.2, 0.25) is 0 Å². The molecule has 1 aromatic rings. The van der Waals surface area contributed by atoms with E-state index in [0.717, 1.165) is 16.0 Å². The summed E-state index contributed by atoms with van der Waals surface area (Å²) in [6.07, 6.45) is 7.44. The maximum Gasteiger partial charge on any atom is 0.0464 e. The number of benzene rings is 1. The van der Waals surface area contributed by atoms with Gasteiger partial charge in [-0.15, -0.1) is 0 Å². The molecule has 1 aliphatic carbocycles. The highest BCUT2D eigenvalue weighted by Gasteiger charge is 2.10. The molecule has 0 saturated heterocycles. The van der Waals surface area contributed by atoms with E-state index in [0.29, 0.717) is 6.04 Å². The van der Waals surface area contributed by atoms with Crippen LogP contribution in [0.15, 0.2) is 34.3 Å². The first-order valence-corrected chi connectivity index (χ1v) is 7.70. The second-order valence-corrected chi connectivity index (χ2v) is 6.17. The third-order valence-electron chi connectivity index (χ3n) is 3.46. The minimum Gasteiger partial charge on any atom is -0.310 e. The lowest BCUT2D eigenvalue weighted by Gasteiger charge is -2.16. The summed E-state index contributed by atoms with van der Waals surface area (Å²) in [6.45, 7) is 3.19. The Morgan fingerprint density at radius 2 is 2.28 bits per heavy atom. The van der Waals surface area contributed by atoms with E-state index in [1.54, 1.807) is 5.57 Å². The van der Waals surface area contributed by atoms with Crippen LogP contribution in [-0.4, -0.2) is 6.54 Å². The van der Waals surface area contributed by atoms with Gasteiger partial charge in [0.1, 0.15) is 0 Å². The smallest absolute Gasteiger partial charge is 0.0464 e. The number of rotatable bonds is 5. The maximum atomic E-state index is 6.25.